The van der Waals surface area contributed by atoms with Crippen LogP contribution in [0.15, 0.2) is 23.7 Å². The Balaban J connectivity index is 2.42. The molecule has 1 aliphatic heterocycles. The molecule has 0 atom stereocenters. The third kappa shape index (κ3) is 4.38. The van der Waals surface area contributed by atoms with Gasteiger partial charge in [0.1, 0.15) is 0 Å². The van der Waals surface area contributed by atoms with E-state index in [1.807, 2.05) is 52.8 Å². The Kier molecular flexibility index (Phi) is 5.54. The molecule has 0 unspecified atom stereocenters. The average molecular weight is 343 g/mol. The van der Waals surface area contributed by atoms with E-state index in [9.17, 15) is 9.59 Å². The Morgan fingerprint density at radius 1 is 1.16 bits per heavy atom. The number of carbonyl (C=O) groups excluding carboxylic acids is 2. The maximum atomic E-state index is 11.4. The second-order valence-corrected chi connectivity index (χ2v) is 7.47. The number of hydrogen-bond acceptors (Lipinski definition) is 4. The molecule has 1 aliphatic rings. The quantitative estimate of drug-likeness (QED) is 0.659. The lowest BCUT2D eigenvalue weighted by Gasteiger charge is -2.32. The third-order valence-corrected chi connectivity index (χ3v) is 4.81. The van der Waals surface area contributed by atoms with Gasteiger partial charge in [-0.05, 0) is 45.7 Å². The molecule has 134 valence electrons. The maximum Gasteiger partial charge on any atom is 0.492 e. The summed E-state index contributed by atoms with van der Waals surface area (Å²) in [4.78, 5) is 22.7. The molecule has 2 rings (SSSR count). The van der Waals surface area contributed by atoms with E-state index in [0.717, 1.165) is 22.9 Å². The number of aldehydes is 1. The van der Waals surface area contributed by atoms with E-state index in [1.54, 1.807) is 6.07 Å². The van der Waals surface area contributed by atoms with Gasteiger partial charge < -0.3 is 14.6 Å². The number of benzene rings is 1. The van der Waals surface area contributed by atoms with Crippen molar-refractivity contribution in [2.24, 2.45) is 0 Å². The second-order valence-electron chi connectivity index (χ2n) is 7.47. The van der Waals surface area contributed by atoms with Gasteiger partial charge in [-0.1, -0.05) is 29.8 Å². The first-order chi connectivity index (χ1) is 11.6. The predicted octanol–water partition coefficient (Wildman–Crippen LogP) is 2.96. The summed E-state index contributed by atoms with van der Waals surface area (Å²) in [7, 11) is -0.586. The molecule has 0 spiro atoms. The van der Waals surface area contributed by atoms with Crippen LogP contribution in [-0.4, -0.2) is 37.1 Å². The number of rotatable bonds is 5. The molecule has 1 saturated heterocycles. The molecule has 1 amide bonds. The topological polar surface area (TPSA) is 64.6 Å². The molecular formula is C19H26BNO4. The lowest BCUT2D eigenvalue weighted by molar-refractivity contribution is -0.118. The highest BCUT2D eigenvalue weighted by Gasteiger charge is 2.52. The standard InChI is InChI=1S/C19H26BNO4/c1-13-7-8-15(12-22)16(9-13)10-17(11-21-14(2)23)20-24-18(3,4)19(5,6)25-20/h7-10,12H,11H2,1-6H3,(H,21,23). The van der Waals surface area contributed by atoms with Gasteiger partial charge in [-0.3, -0.25) is 9.59 Å². The van der Waals surface area contributed by atoms with Gasteiger partial charge in [-0.2, -0.15) is 0 Å². The van der Waals surface area contributed by atoms with Crippen molar-refractivity contribution in [3.8, 4) is 0 Å². The first-order valence-corrected chi connectivity index (χ1v) is 8.42. The van der Waals surface area contributed by atoms with Crippen LogP contribution in [0.2, 0.25) is 0 Å². The zero-order valence-corrected chi connectivity index (χ0v) is 15.8. The number of aryl methyl sites for hydroxylation is 1. The number of carbonyl (C=O) groups is 2. The largest absolute Gasteiger partial charge is 0.492 e. The first-order valence-electron chi connectivity index (χ1n) is 8.42. The van der Waals surface area contributed by atoms with Crippen LogP contribution in [0.3, 0.4) is 0 Å². The van der Waals surface area contributed by atoms with Gasteiger partial charge in [0.2, 0.25) is 5.91 Å². The number of nitrogens with one attached hydrogen (secondary N) is 1. The van der Waals surface area contributed by atoms with Gasteiger partial charge in [0.25, 0.3) is 0 Å². The maximum absolute atomic E-state index is 11.4. The van der Waals surface area contributed by atoms with Crippen LogP contribution in [0.25, 0.3) is 6.08 Å². The zero-order valence-electron chi connectivity index (χ0n) is 15.8. The predicted molar refractivity (Wildman–Crippen MR) is 99.3 cm³/mol. The summed E-state index contributed by atoms with van der Waals surface area (Å²) < 4.78 is 12.2. The van der Waals surface area contributed by atoms with Crippen molar-refractivity contribution in [3.05, 3.63) is 40.4 Å². The molecule has 0 radical (unpaired) electrons. The van der Waals surface area contributed by atoms with Gasteiger partial charge in [-0.25, -0.2) is 0 Å². The van der Waals surface area contributed by atoms with E-state index in [4.69, 9.17) is 9.31 Å². The fourth-order valence-corrected chi connectivity index (χ4v) is 2.55. The Bertz CT molecular complexity index is 693. The molecule has 0 aromatic heterocycles. The number of amides is 1. The van der Waals surface area contributed by atoms with Crippen LogP contribution >= 0.6 is 0 Å². The van der Waals surface area contributed by atoms with Crippen LogP contribution < -0.4 is 5.32 Å². The van der Waals surface area contributed by atoms with Gasteiger partial charge in [-0.15, -0.1) is 0 Å². The molecule has 1 aromatic carbocycles. The van der Waals surface area contributed by atoms with Crippen molar-refractivity contribution >= 4 is 25.4 Å². The van der Waals surface area contributed by atoms with E-state index < -0.39 is 18.3 Å². The second kappa shape index (κ2) is 7.14. The third-order valence-electron chi connectivity index (χ3n) is 4.81. The van der Waals surface area contributed by atoms with Crippen LogP contribution in [-0.2, 0) is 14.1 Å². The minimum atomic E-state index is -0.586. The molecule has 0 aliphatic carbocycles. The Morgan fingerprint density at radius 2 is 1.76 bits per heavy atom. The van der Waals surface area contributed by atoms with Crippen LogP contribution in [0.4, 0.5) is 0 Å². The van der Waals surface area contributed by atoms with Crippen molar-refractivity contribution in [3.63, 3.8) is 0 Å². The molecule has 0 saturated carbocycles. The highest BCUT2D eigenvalue weighted by molar-refractivity contribution is 6.56. The van der Waals surface area contributed by atoms with Crippen molar-refractivity contribution in [2.75, 3.05) is 6.54 Å². The van der Waals surface area contributed by atoms with Gasteiger partial charge in [0, 0.05) is 19.0 Å². The van der Waals surface area contributed by atoms with Crippen LogP contribution in [0.5, 0.6) is 0 Å². The summed E-state index contributed by atoms with van der Waals surface area (Å²) in [6.45, 7) is 11.6. The lowest BCUT2D eigenvalue weighted by atomic mass is 9.76. The van der Waals surface area contributed by atoms with Crippen LogP contribution in [0.1, 0.15) is 56.1 Å². The minimum absolute atomic E-state index is 0.137. The van der Waals surface area contributed by atoms with E-state index in [2.05, 4.69) is 5.32 Å². The summed E-state index contributed by atoms with van der Waals surface area (Å²) in [5, 5.41) is 2.79. The first kappa shape index (κ1) is 19.4. The van der Waals surface area contributed by atoms with E-state index in [0.29, 0.717) is 12.1 Å². The Hall–Kier alpha value is -1.92. The number of hydrogen-bond donors (Lipinski definition) is 1. The van der Waals surface area contributed by atoms with E-state index >= 15 is 0 Å². The van der Waals surface area contributed by atoms with Crippen LogP contribution in [0, 0.1) is 6.92 Å². The summed E-state index contributed by atoms with van der Waals surface area (Å²) in [5.41, 5.74) is 2.22. The summed E-state index contributed by atoms with van der Waals surface area (Å²) >= 11 is 0. The molecule has 1 N–H and O–H groups in total. The normalized spacial score (nSPS) is 19.0. The minimum Gasteiger partial charge on any atom is -0.400 e. The van der Waals surface area contributed by atoms with Crippen molar-refractivity contribution in [1.29, 1.82) is 0 Å². The van der Waals surface area contributed by atoms with Gasteiger partial charge in [0.05, 0.1) is 11.2 Å². The molecule has 25 heavy (non-hydrogen) atoms. The van der Waals surface area contributed by atoms with Crippen molar-refractivity contribution in [2.45, 2.75) is 52.7 Å². The monoisotopic (exact) mass is 343 g/mol. The summed E-state index contributed by atoms with van der Waals surface area (Å²) in [6.07, 6.45) is 2.69. The Labute approximate surface area is 149 Å². The molecule has 5 nitrogen and oxygen atoms in total. The highest BCUT2D eigenvalue weighted by Crippen LogP contribution is 2.38. The van der Waals surface area contributed by atoms with Gasteiger partial charge in [0.15, 0.2) is 6.29 Å². The molecule has 0 bridgehead atoms. The van der Waals surface area contributed by atoms with E-state index in [-0.39, 0.29) is 5.91 Å². The van der Waals surface area contributed by atoms with Gasteiger partial charge >= 0.3 is 7.12 Å². The van der Waals surface area contributed by atoms with E-state index in [1.165, 1.54) is 6.92 Å². The van der Waals surface area contributed by atoms with Crippen molar-refractivity contribution in [1.82, 2.24) is 5.32 Å². The molecule has 1 fully saturated rings. The fourth-order valence-electron chi connectivity index (χ4n) is 2.55. The fraction of sp³-hybridized carbons (Fsp3) is 0.474. The summed E-state index contributed by atoms with van der Waals surface area (Å²) in [6, 6.07) is 5.61. The SMILES string of the molecule is CC(=O)NCC(=Cc1cc(C)ccc1C=O)B1OC(C)(C)C(C)(C)O1. The summed E-state index contributed by atoms with van der Waals surface area (Å²) in [5.74, 6) is -0.137. The molecule has 1 aromatic rings. The zero-order chi connectivity index (χ0) is 18.8. The average Bonchev–Trinajstić information content (AvgIpc) is 2.71. The van der Waals surface area contributed by atoms with Crippen molar-refractivity contribution < 1.29 is 18.9 Å². The molecule has 1 heterocycles. The molecule has 6 heteroatoms. The smallest absolute Gasteiger partial charge is 0.400 e. The highest BCUT2D eigenvalue weighted by atomic mass is 16.7. The molecular weight excluding hydrogens is 317 g/mol. The lowest BCUT2D eigenvalue weighted by Crippen LogP contribution is -2.41. The Morgan fingerprint density at radius 3 is 2.28 bits per heavy atom.